The van der Waals surface area contributed by atoms with Crippen LogP contribution in [-0.4, -0.2) is 24.3 Å². The topological polar surface area (TPSA) is 57.8 Å². The Labute approximate surface area is 235 Å². The van der Waals surface area contributed by atoms with Crippen molar-refractivity contribution in [2.24, 2.45) is 0 Å². The average Bonchev–Trinajstić information content (AvgIpc) is 3.65. The maximum Gasteiger partial charge on any atom is 0.137 e. The summed E-state index contributed by atoms with van der Waals surface area (Å²) in [5.74, 6) is 2.34. The molecule has 8 rings (SSSR count). The number of hydrogen-bond donors (Lipinski definition) is 0. The second-order valence-corrected chi connectivity index (χ2v) is 9.87. The van der Waals surface area contributed by atoms with Gasteiger partial charge in [0.25, 0.3) is 0 Å². The van der Waals surface area contributed by atoms with Gasteiger partial charge in [-0.05, 0) is 48.5 Å². The lowest BCUT2D eigenvalue weighted by molar-refractivity contribution is 0.483. The zero-order chi connectivity index (χ0) is 27.2. The van der Waals surface area contributed by atoms with E-state index >= 15 is 0 Å². The highest BCUT2D eigenvalue weighted by molar-refractivity contribution is 6.09. The van der Waals surface area contributed by atoms with Gasteiger partial charge in [0.05, 0.1) is 28.4 Å². The van der Waals surface area contributed by atoms with E-state index in [0.29, 0.717) is 0 Å². The Morgan fingerprint density at radius 3 is 2.39 bits per heavy atom. The van der Waals surface area contributed by atoms with Gasteiger partial charge in [-0.25, -0.2) is 9.67 Å². The number of aromatic nitrogens is 5. The van der Waals surface area contributed by atoms with Crippen molar-refractivity contribution in [1.29, 1.82) is 0 Å². The predicted molar refractivity (Wildman–Crippen MR) is 163 cm³/mol. The monoisotopic (exact) mass is 529 g/mol. The van der Waals surface area contributed by atoms with Gasteiger partial charge in [0.2, 0.25) is 0 Å². The minimum atomic E-state index is 0.728. The summed E-state index contributed by atoms with van der Waals surface area (Å²) < 4.78 is 10.4. The molecule has 0 bridgehead atoms. The SMILES string of the molecule is c1ccc(-n2c3ccccc3c3ccc(Oc4cccc(-n5cc(-c6cccc7cccnc67)cn5)c4)cc32)nc1. The molecule has 0 aliphatic carbocycles. The summed E-state index contributed by atoms with van der Waals surface area (Å²) in [5.41, 5.74) is 6.08. The second kappa shape index (κ2) is 9.47. The average molecular weight is 530 g/mol. The molecule has 0 spiro atoms. The molecule has 0 unspecified atom stereocenters. The van der Waals surface area contributed by atoms with Crippen LogP contribution in [0.5, 0.6) is 11.5 Å². The van der Waals surface area contributed by atoms with Gasteiger partial charge in [0.1, 0.15) is 17.3 Å². The molecular weight excluding hydrogens is 506 g/mol. The minimum absolute atomic E-state index is 0.728. The highest BCUT2D eigenvalue weighted by Crippen LogP contribution is 2.35. The Kier molecular flexibility index (Phi) is 5.35. The number of para-hydroxylation sites is 2. The zero-order valence-electron chi connectivity index (χ0n) is 21.9. The van der Waals surface area contributed by atoms with Crippen LogP contribution in [-0.2, 0) is 0 Å². The summed E-state index contributed by atoms with van der Waals surface area (Å²) in [6.45, 7) is 0. The van der Waals surface area contributed by atoms with E-state index in [1.54, 1.807) is 0 Å². The fourth-order valence-electron chi connectivity index (χ4n) is 5.51. The molecule has 0 aliphatic rings. The van der Waals surface area contributed by atoms with E-state index in [-0.39, 0.29) is 0 Å². The lowest BCUT2D eigenvalue weighted by Gasteiger charge is -2.10. The predicted octanol–water partition coefficient (Wildman–Crippen LogP) is 8.37. The summed E-state index contributed by atoms with van der Waals surface area (Å²) in [4.78, 5) is 9.23. The van der Waals surface area contributed by atoms with Gasteiger partial charge in [-0.1, -0.05) is 54.6 Å². The number of pyridine rings is 2. The summed E-state index contributed by atoms with van der Waals surface area (Å²) in [5, 5.41) is 8.09. The van der Waals surface area contributed by atoms with E-state index in [4.69, 9.17) is 4.74 Å². The molecule has 41 heavy (non-hydrogen) atoms. The van der Waals surface area contributed by atoms with Gasteiger partial charge in [-0.3, -0.25) is 9.55 Å². The number of ether oxygens (including phenoxy) is 1. The molecule has 0 saturated heterocycles. The smallest absolute Gasteiger partial charge is 0.137 e. The maximum absolute atomic E-state index is 6.40. The quantitative estimate of drug-likeness (QED) is 0.225. The number of hydrogen-bond acceptors (Lipinski definition) is 4. The van der Waals surface area contributed by atoms with Crippen molar-refractivity contribution in [3.05, 3.63) is 140 Å². The molecule has 0 N–H and O–H groups in total. The Morgan fingerprint density at radius 1 is 0.610 bits per heavy atom. The molecule has 0 fully saturated rings. The summed E-state index contributed by atoms with van der Waals surface area (Å²) in [6.07, 6.45) is 7.55. The molecule has 6 heteroatoms. The van der Waals surface area contributed by atoms with Crippen LogP contribution in [0.25, 0.3) is 55.3 Å². The summed E-state index contributed by atoms with van der Waals surface area (Å²) in [7, 11) is 0. The Hall–Kier alpha value is -5.75. The van der Waals surface area contributed by atoms with E-state index in [9.17, 15) is 0 Å². The van der Waals surface area contributed by atoms with Crippen LogP contribution in [0.3, 0.4) is 0 Å². The molecule has 0 radical (unpaired) electrons. The Bertz CT molecular complexity index is 2190. The summed E-state index contributed by atoms with van der Waals surface area (Å²) in [6, 6.07) is 38.8. The van der Waals surface area contributed by atoms with Crippen molar-refractivity contribution in [2.45, 2.75) is 0 Å². The maximum atomic E-state index is 6.40. The van der Waals surface area contributed by atoms with Crippen LogP contribution < -0.4 is 4.74 Å². The molecule has 0 aliphatic heterocycles. The van der Waals surface area contributed by atoms with Gasteiger partial charge >= 0.3 is 0 Å². The fourth-order valence-corrected chi connectivity index (χ4v) is 5.51. The lowest BCUT2D eigenvalue weighted by atomic mass is 10.1. The van der Waals surface area contributed by atoms with Gasteiger partial charge < -0.3 is 4.74 Å². The number of nitrogens with zero attached hydrogens (tertiary/aromatic N) is 5. The van der Waals surface area contributed by atoms with Crippen molar-refractivity contribution in [3.63, 3.8) is 0 Å². The zero-order valence-corrected chi connectivity index (χ0v) is 21.9. The number of rotatable bonds is 5. The third kappa shape index (κ3) is 4.01. The highest BCUT2D eigenvalue weighted by atomic mass is 16.5. The van der Waals surface area contributed by atoms with Gasteiger partial charge in [-0.2, -0.15) is 5.10 Å². The Balaban J connectivity index is 1.15. The van der Waals surface area contributed by atoms with Crippen molar-refractivity contribution >= 4 is 32.7 Å². The first-order chi connectivity index (χ1) is 20.3. The van der Waals surface area contributed by atoms with E-state index in [2.05, 4.69) is 80.3 Å². The largest absolute Gasteiger partial charge is 0.457 e. The standard InChI is InChI=1S/C35H23N5O/c1-2-14-32-30(12-1)31-17-16-28(21-33(31)40(32)34-15-3-4-18-36-34)41-27-11-6-10-26(20-27)39-23-25(22-38-39)29-13-5-8-24-9-7-19-37-35(24)29/h1-23H. The van der Waals surface area contributed by atoms with Crippen LogP contribution >= 0.6 is 0 Å². The molecule has 4 heterocycles. The highest BCUT2D eigenvalue weighted by Gasteiger charge is 2.14. The fraction of sp³-hybridized carbons (Fsp3) is 0. The van der Waals surface area contributed by atoms with Gasteiger partial charge in [-0.15, -0.1) is 0 Å². The van der Waals surface area contributed by atoms with Crippen LogP contribution in [0, 0.1) is 0 Å². The van der Waals surface area contributed by atoms with Crippen molar-refractivity contribution in [2.75, 3.05) is 0 Å². The van der Waals surface area contributed by atoms with E-state index in [1.165, 1.54) is 5.39 Å². The first-order valence-electron chi connectivity index (χ1n) is 13.4. The third-order valence-corrected chi connectivity index (χ3v) is 7.37. The number of benzene rings is 4. The number of fused-ring (bicyclic) bond motifs is 4. The van der Waals surface area contributed by atoms with Crippen LogP contribution in [0.1, 0.15) is 0 Å². The van der Waals surface area contributed by atoms with Gasteiger partial charge in [0.15, 0.2) is 0 Å². The molecule has 0 saturated carbocycles. The first-order valence-corrected chi connectivity index (χ1v) is 13.4. The van der Waals surface area contributed by atoms with Gasteiger partial charge in [0, 0.05) is 58.0 Å². The second-order valence-electron chi connectivity index (χ2n) is 9.87. The molecule has 4 aromatic carbocycles. The van der Waals surface area contributed by atoms with Crippen molar-refractivity contribution in [1.82, 2.24) is 24.3 Å². The molecule has 8 aromatic rings. The Morgan fingerprint density at radius 2 is 1.44 bits per heavy atom. The molecule has 4 aromatic heterocycles. The molecule has 6 nitrogen and oxygen atoms in total. The van der Waals surface area contributed by atoms with Crippen LogP contribution in [0.15, 0.2) is 140 Å². The van der Waals surface area contributed by atoms with E-state index in [0.717, 1.165) is 61.5 Å². The van der Waals surface area contributed by atoms with E-state index < -0.39 is 0 Å². The van der Waals surface area contributed by atoms with Crippen LogP contribution in [0.2, 0.25) is 0 Å². The first kappa shape index (κ1) is 23.2. The summed E-state index contributed by atoms with van der Waals surface area (Å²) >= 11 is 0. The molecule has 194 valence electrons. The third-order valence-electron chi connectivity index (χ3n) is 7.37. The molecule has 0 atom stereocenters. The molecular formula is C35H23N5O. The van der Waals surface area contributed by atoms with Crippen LogP contribution in [0.4, 0.5) is 0 Å². The molecule has 0 amide bonds. The lowest BCUT2D eigenvalue weighted by Crippen LogP contribution is -1.97. The van der Waals surface area contributed by atoms with Crippen molar-refractivity contribution in [3.8, 4) is 34.1 Å². The minimum Gasteiger partial charge on any atom is -0.457 e. The van der Waals surface area contributed by atoms with E-state index in [1.807, 2.05) is 84.1 Å². The normalized spacial score (nSPS) is 11.4. The van der Waals surface area contributed by atoms with Crippen molar-refractivity contribution < 1.29 is 4.74 Å².